The van der Waals surface area contributed by atoms with Gasteiger partial charge in [0.2, 0.25) is 0 Å². The van der Waals surface area contributed by atoms with Gasteiger partial charge in [0.15, 0.2) is 0 Å². The third-order valence-corrected chi connectivity index (χ3v) is 4.30. The molecule has 0 saturated heterocycles. The SMILES string of the molecule is CNCC(O)c1c(C)c2c(c(C)c1OC)CCCC2. The van der Waals surface area contributed by atoms with Crippen molar-refractivity contribution in [2.24, 2.45) is 0 Å². The Labute approximate surface area is 116 Å². The zero-order valence-electron chi connectivity index (χ0n) is 12.5. The molecule has 0 spiro atoms. The molecule has 0 bridgehead atoms. The van der Waals surface area contributed by atoms with Crippen molar-refractivity contribution in [3.8, 4) is 5.75 Å². The second kappa shape index (κ2) is 5.93. The Morgan fingerprint density at radius 2 is 1.74 bits per heavy atom. The Hall–Kier alpha value is -1.06. The normalized spacial score (nSPS) is 16.1. The minimum atomic E-state index is -0.508. The van der Waals surface area contributed by atoms with E-state index < -0.39 is 6.10 Å². The fraction of sp³-hybridized carbons (Fsp3) is 0.625. The Balaban J connectivity index is 2.61. The summed E-state index contributed by atoms with van der Waals surface area (Å²) < 4.78 is 5.60. The molecule has 0 fully saturated rings. The molecule has 2 rings (SSSR count). The number of rotatable bonds is 4. The van der Waals surface area contributed by atoms with Crippen molar-refractivity contribution in [2.75, 3.05) is 20.7 Å². The number of fused-ring (bicyclic) bond motifs is 1. The summed E-state index contributed by atoms with van der Waals surface area (Å²) in [5, 5.41) is 13.4. The van der Waals surface area contributed by atoms with Crippen LogP contribution in [-0.4, -0.2) is 25.8 Å². The monoisotopic (exact) mass is 263 g/mol. The molecule has 2 N–H and O–H groups in total. The Morgan fingerprint density at radius 3 is 2.26 bits per heavy atom. The average molecular weight is 263 g/mol. The number of hydrogen-bond acceptors (Lipinski definition) is 3. The number of hydrogen-bond donors (Lipinski definition) is 2. The lowest BCUT2D eigenvalue weighted by molar-refractivity contribution is 0.172. The van der Waals surface area contributed by atoms with Crippen molar-refractivity contribution >= 4 is 0 Å². The molecule has 1 aromatic carbocycles. The van der Waals surface area contributed by atoms with E-state index >= 15 is 0 Å². The van der Waals surface area contributed by atoms with Crippen LogP contribution in [0, 0.1) is 13.8 Å². The molecule has 19 heavy (non-hydrogen) atoms. The van der Waals surface area contributed by atoms with Gasteiger partial charge in [0.25, 0.3) is 0 Å². The average Bonchev–Trinajstić information content (AvgIpc) is 2.42. The third kappa shape index (κ3) is 2.49. The Morgan fingerprint density at radius 1 is 1.16 bits per heavy atom. The summed E-state index contributed by atoms with van der Waals surface area (Å²) >= 11 is 0. The zero-order chi connectivity index (χ0) is 14.0. The van der Waals surface area contributed by atoms with Gasteiger partial charge in [-0.05, 0) is 68.8 Å². The van der Waals surface area contributed by atoms with E-state index in [2.05, 4.69) is 19.2 Å². The van der Waals surface area contributed by atoms with Crippen molar-refractivity contribution in [1.29, 1.82) is 0 Å². The van der Waals surface area contributed by atoms with Crippen molar-refractivity contribution in [1.82, 2.24) is 5.32 Å². The van der Waals surface area contributed by atoms with E-state index in [1.54, 1.807) is 7.11 Å². The summed E-state index contributed by atoms with van der Waals surface area (Å²) in [5.41, 5.74) is 6.29. The molecule has 1 aliphatic rings. The minimum absolute atomic E-state index is 0.508. The maximum atomic E-state index is 10.4. The first-order valence-electron chi connectivity index (χ1n) is 7.13. The molecule has 1 unspecified atom stereocenters. The molecule has 0 amide bonds. The van der Waals surface area contributed by atoms with Gasteiger partial charge in [0.05, 0.1) is 13.2 Å². The summed E-state index contributed by atoms with van der Waals surface area (Å²) in [6.07, 6.45) is 4.27. The maximum absolute atomic E-state index is 10.4. The first kappa shape index (κ1) is 14.4. The van der Waals surface area contributed by atoms with Gasteiger partial charge < -0.3 is 15.2 Å². The van der Waals surface area contributed by atoms with Crippen LogP contribution in [-0.2, 0) is 12.8 Å². The first-order chi connectivity index (χ1) is 9.11. The lowest BCUT2D eigenvalue weighted by atomic mass is 9.82. The van der Waals surface area contributed by atoms with Crippen LogP contribution in [0.3, 0.4) is 0 Å². The predicted octanol–water partition coefficient (Wildman–Crippen LogP) is 2.44. The maximum Gasteiger partial charge on any atom is 0.128 e. The minimum Gasteiger partial charge on any atom is -0.496 e. The number of benzene rings is 1. The van der Waals surface area contributed by atoms with Crippen LogP contribution in [0.1, 0.15) is 46.8 Å². The van der Waals surface area contributed by atoms with Crippen LogP contribution in [0.2, 0.25) is 0 Å². The number of aliphatic hydroxyl groups excluding tert-OH is 1. The molecule has 1 aliphatic carbocycles. The highest BCUT2D eigenvalue weighted by molar-refractivity contribution is 5.56. The second-order valence-electron chi connectivity index (χ2n) is 5.43. The summed E-state index contributed by atoms with van der Waals surface area (Å²) in [7, 11) is 3.56. The third-order valence-electron chi connectivity index (χ3n) is 4.30. The fourth-order valence-corrected chi connectivity index (χ4v) is 3.36. The van der Waals surface area contributed by atoms with Crippen LogP contribution in [0.15, 0.2) is 0 Å². The molecule has 1 aromatic rings. The van der Waals surface area contributed by atoms with E-state index in [0.29, 0.717) is 6.54 Å². The van der Waals surface area contributed by atoms with E-state index in [4.69, 9.17) is 4.74 Å². The number of aliphatic hydroxyl groups is 1. The van der Waals surface area contributed by atoms with Crippen molar-refractivity contribution in [3.05, 3.63) is 27.8 Å². The Bertz CT molecular complexity index is 469. The standard InChI is InChI=1S/C16H25NO2/c1-10-12-7-5-6-8-13(12)11(2)16(19-4)15(10)14(18)9-17-3/h14,17-18H,5-9H2,1-4H3. The first-order valence-corrected chi connectivity index (χ1v) is 7.13. The molecule has 0 aromatic heterocycles. The highest BCUT2D eigenvalue weighted by atomic mass is 16.5. The quantitative estimate of drug-likeness (QED) is 0.876. The van der Waals surface area contributed by atoms with Gasteiger partial charge in [-0.25, -0.2) is 0 Å². The smallest absolute Gasteiger partial charge is 0.128 e. The zero-order valence-corrected chi connectivity index (χ0v) is 12.5. The van der Waals surface area contributed by atoms with E-state index in [0.717, 1.165) is 24.2 Å². The van der Waals surface area contributed by atoms with Gasteiger partial charge in [0, 0.05) is 12.1 Å². The van der Waals surface area contributed by atoms with Gasteiger partial charge in [-0.3, -0.25) is 0 Å². The van der Waals surface area contributed by atoms with Crippen LogP contribution in [0.25, 0.3) is 0 Å². The molecule has 3 heteroatoms. The summed E-state index contributed by atoms with van der Waals surface area (Å²) in [6.45, 7) is 4.80. The van der Waals surface area contributed by atoms with Gasteiger partial charge >= 0.3 is 0 Å². The van der Waals surface area contributed by atoms with Crippen LogP contribution >= 0.6 is 0 Å². The predicted molar refractivity (Wildman–Crippen MR) is 78.0 cm³/mol. The van der Waals surface area contributed by atoms with Crippen molar-refractivity contribution in [3.63, 3.8) is 0 Å². The molecule has 3 nitrogen and oxygen atoms in total. The number of nitrogens with one attached hydrogen (secondary N) is 1. The second-order valence-corrected chi connectivity index (χ2v) is 5.43. The highest BCUT2D eigenvalue weighted by Gasteiger charge is 2.25. The van der Waals surface area contributed by atoms with Crippen LogP contribution < -0.4 is 10.1 Å². The van der Waals surface area contributed by atoms with Gasteiger partial charge in [-0.1, -0.05) is 0 Å². The molecular weight excluding hydrogens is 238 g/mol. The van der Waals surface area contributed by atoms with Crippen LogP contribution in [0.5, 0.6) is 5.75 Å². The molecule has 0 aliphatic heterocycles. The van der Waals surface area contributed by atoms with E-state index in [9.17, 15) is 5.11 Å². The number of methoxy groups -OCH3 is 1. The Kier molecular flexibility index (Phi) is 4.48. The van der Waals surface area contributed by atoms with E-state index in [-0.39, 0.29) is 0 Å². The topological polar surface area (TPSA) is 41.5 Å². The highest BCUT2D eigenvalue weighted by Crippen LogP contribution is 2.39. The lowest BCUT2D eigenvalue weighted by Crippen LogP contribution is -2.20. The molecule has 106 valence electrons. The van der Waals surface area contributed by atoms with Crippen molar-refractivity contribution in [2.45, 2.75) is 45.6 Å². The molecule has 0 saturated carbocycles. The largest absolute Gasteiger partial charge is 0.496 e. The van der Waals surface area contributed by atoms with E-state index in [1.165, 1.54) is 35.1 Å². The summed E-state index contributed by atoms with van der Waals surface area (Å²) in [6, 6.07) is 0. The molecular formula is C16H25NO2. The fourth-order valence-electron chi connectivity index (χ4n) is 3.36. The van der Waals surface area contributed by atoms with Gasteiger partial charge in [-0.2, -0.15) is 0 Å². The van der Waals surface area contributed by atoms with Gasteiger partial charge in [-0.15, -0.1) is 0 Å². The molecule has 1 atom stereocenters. The summed E-state index contributed by atoms with van der Waals surface area (Å²) in [5.74, 6) is 0.876. The lowest BCUT2D eigenvalue weighted by Gasteiger charge is -2.27. The van der Waals surface area contributed by atoms with Crippen LogP contribution in [0.4, 0.5) is 0 Å². The molecule has 0 heterocycles. The summed E-state index contributed by atoms with van der Waals surface area (Å²) in [4.78, 5) is 0. The van der Waals surface area contributed by atoms with Gasteiger partial charge in [0.1, 0.15) is 5.75 Å². The van der Waals surface area contributed by atoms with E-state index in [1.807, 2.05) is 7.05 Å². The molecule has 0 radical (unpaired) electrons. The number of likely N-dealkylation sites (N-methyl/N-ethyl adjacent to an activating group) is 1. The number of ether oxygens (including phenoxy) is 1. The van der Waals surface area contributed by atoms with Crippen molar-refractivity contribution < 1.29 is 9.84 Å².